The highest BCUT2D eigenvalue weighted by atomic mass is 35.5. The van der Waals surface area contributed by atoms with Crippen molar-refractivity contribution in [2.45, 2.75) is 26.9 Å². The fraction of sp³-hybridized carbons (Fsp3) is 0.238. The number of aliphatic imine (C=N–C) groups is 1. The summed E-state index contributed by atoms with van der Waals surface area (Å²) in [7, 11) is 0. The van der Waals surface area contributed by atoms with Gasteiger partial charge in [-0.15, -0.1) is 0 Å². The number of halogens is 3. The summed E-state index contributed by atoms with van der Waals surface area (Å²) >= 11 is 18.5. The van der Waals surface area contributed by atoms with Gasteiger partial charge in [-0.1, -0.05) is 34.8 Å². The lowest BCUT2D eigenvalue weighted by atomic mass is 10.1. The van der Waals surface area contributed by atoms with Gasteiger partial charge in [0, 0.05) is 5.02 Å². The van der Waals surface area contributed by atoms with Gasteiger partial charge in [-0.05, 0) is 62.7 Å². The van der Waals surface area contributed by atoms with E-state index in [9.17, 15) is 4.79 Å². The largest absolute Gasteiger partial charge is 0.490 e. The van der Waals surface area contributed by atoms with Crippen LogP contribution in [-0.2, 0) is 9.53 Å². The molecule has 0 bridgehead atoms. The summed E-state index contributed by atoms with van der Waals surface area (Å²) < 4.78 is 16.7. The van der Waals surface area contributed by atoms with Crippen molar-refractivity contribution in [2.75, 3.05) is 6.61 Å². The molecule has 0 saturated carbocycles. The van der Waals surface area contributed by atoms with E-state index in [0.717, 1.165) is 0 Å². The maximum Gasteiger partial charge on any atom is 0.363 e. The fourth-order valence-electron chi connectivity index (χ4n) is 2.63. The lowest BCUT2D eigenvalue weighted by molar-refractivity contribution is -0.129. The molecule has 1 aliphatic heterocycles. The summed E-state index contributed by atoms with van der Waals surface area (Å²) in [5.74, 6) is 0.454. The molecule has 152 valence electrons. The van der Waals surface area contributed by atoms with Gasteiger partial charge in [-0.2, -0.15) is 0 Å². The van der Waals surface area contributed by atoms with Crippen LogP contribution in [0.4, 0.5) is 0 Å². The molecule has 0 aromatic heterocycles. The van der Waals surface area contributed by atoms with E-state index in [1.165, 1.54) is 0 Å². The highest BCUT2D eigenvalue weighted by Crippen LogP contribution is 2.38. The SMILES string of the molecule is CCOc1cc(/C=C2\N=C(c3ccc(Cl)cc3Cl)OC2=O)cc(Cl)c1OC(C)C. The molecule has 29 heavy (non-hydrogen) atoms. The number of benzene rings is 2. The van der Waals surface area contributed by atoms with Crippen LogP contribution >= 0.6 is 34.8 Å². The Balaban J connectivity index is 1.98. The van der Waals surface area contributed by atoms with E-state index in [1.54, 1.807) is 36.4 Å². The molecule has 0 amide bonds. The summed E-state index contributed by atoms with van der Waals surface area (Å²) in [6.07, 6.45) is 1.49. The first-order chi connectivity index (χ1) is 13.8. The highest BCUT2D eigenvalue weighted by molar-refractivity contribution is 6.37. The molecule has 5 nitrogen and oxygen atoms in total. The molecule has 0 N–H and O–H groups in total. The van der Waals surface area contributed by atoms with Gasteiger partial charge >= 0.3 is 5.97 Å². The highest BCUT2D eigenvalue weighted by Gasteiger charge is 2.26. The second kappa shape index (κ2) is 9.08. The Morgan fingerprint density at radius 2 is 1.90 bits per heavy atom. The molecule has 2 aromatic carbocycles. The molecule has 3 rings (SSSR count). The van der Waals surface area contributed by atoms with Crippen molar-refractivity contribution in [2.24, 2.45) is 4.99 Å². The van der Waals surface area contributed by atoms with Crippen molar-refractivity contribution in [1.82, 2.24) is 0 Å². The maximum absolute atomic E-state index is 12.3. The monoisotopic (exact) mass is 453 g/mol. The van der Waals surface area contributed by atoms with Crippen molar-refractivity contribution >= 4 is 52.7 Å². The topological polar surface area (TPSA) is 57.1 Å². The Bertz CT molecular complexity index is 1020. The molecule has 0 fully saturated rings. The summed E-state index contributed by atoms with van der Waals surface area (Å²) in [6.45, 7) is 6.09. The van der Waals surface area contributed by atoms with Crippen LogP contribution in [0.2, 0.25) is 15.1 Å². The van der Waals surface area contributed by atoms with Crippen LogP contribution in [-0.4, -0.2) is 24.6 Å². The zero-order valence-electron chi connectivity index (χ0n) is 16.0. The number of esters is 1. The zero-order valence-corrected chi connectivity index (χ0v) is 18.2. The lowest BCUT2D eigenvalue weighted by Gasteiger charge is -2.16. The molecule has 0 atom stereocenters. The number of hydrogen-bond donors (Lipinski definition) is 0. The average Bonchev–Trinajstić information content (AvgIpc) is 2.98. The molecule has 0 unspecified atom stereocenters. The predicted octanol–water partition coefficient (Wildman–Crippen LogP) is 6.18. The molecule has 8 heteroatoms. The Morgan fingerprint density at radius 1 is 1.14 bits per heavy atom. The van der Waals surface area contributed by atoms with E-state index in [4.69, 9.17) is 49.0 Å². The third-order valence-corrected chi connectivity index (χ3v) is 4.60. The predicted molar refractivity (Wildman–Crippen MR) is 115 cm³/mol. The van der Waals surface area contributed by atoms with Gasteiger partial charge in [0.05, 0.1) is 28.3 Å². The van der Waals surface area contributed by atoms with Gasteiger partial charge in [0.1, 0.15) is 0 Å². The molecular weight excluding hydrogens is 437 g/mol. The summed E-state index contributed by atoms with van der Waals surface area (Å²) in [5.41, 5.74) is 1.21. The molecule has 0 radical (unpaired) electrons. The molecule has 0 saturated heterocycles. The first kappa shape index (κ1) is 21.5. The first-order valence-corrected chi connectivity index (χ1v) is 10.0. The first-order valence-electron chi connectivity index (χ1n) is 8.89. The number of rotatable bonds is 6. The van der Waals surface area contributed by atoms with E-state index in [2.05, 4.69) is 4.99 Å². The van der Waals surface area contributed by atoms with Crippen molar-refractivity contribution in [3.63, 3.8) is 0 Å². The van der Waals surface area contributed by atoms with E-state index in [1.807, 2.05) is 20.8 Å². The Labute approximate surface area is 183 Å². The van der Waals surface area contributed by atoms with E-state index in [-0.39, 0.29) is 17.7 Å². The smallest absolute Gasteiger partial charge is 0.363 e. The molecule has 1 aliphatic rings. The van der Waals surface area contributed by atoms with E-state index >= 15 is 0 Å². The molecule has 1 heterocycles. The Morgan fingerprint density at radius 3 is 2.55 bits per heavy atom. The second-order valence-corrected chi connectivity index (χ2v) is 7.64. The minimum absolute atomic E-state index is 0.0722. The Hall–Kier alpha value is -2.21. The standard InChI is InChI=1S/C21H18Cl3NO4/c1-4-27-18-9-12(7-16(24)19(18)28-11(2)3)8-17-21(26)29-20(25-17)14-6-5-13(22)10-15(14)23/h5-11H,4H2,1-3H3/b17-8-. The van der Waals surface area contributed by atoms with Crippen LogP contribution in [0.3, 0.4) is 0 Å². The van der Waals surface area contributed by atoms with Crippen molar-refractivity contribution in [3.8, 4) is 11.5 Å². The van der Waals surface area contributed by atoms with Crippen LogP contribution in [0.1, 0.15) is 31.9 Å². The van der Waals surface area contributed by atoms with Crippen LogP contribution in [0.5, 0.6) is 11.5 Å². The van der Waals surface area contributed by atoms with Crippen molar-refractivity contribution in [3.05, 3.63) is 62.2 Å². The zero-order chi connectivity index (χ0) is 21.1. The molecule has 0 spiro atoms. The number of hydrogen-bond acceptors (Lipinski definition) is 5. The summed E-state index contributed by atoms with van der Waals surface area (Å²) in [4.78, 5) is 16.5. The number of carbonyl (C=O) groups is 1. The van der Waals surface area contributed by atoms with E-state index < -0.39 is 5.97 Å². The molecule has 0 aliphatic carbocycles. The van der Waals surface area contributed by atoms with Gasteiger partial charge < -0.3 is 14.2 Å². The molecule has 2 aromatic rings. The summed E-state index contributed by atoms with van der Waals surface area (Å²) in [5, 5.41) is 1.18. The van der Waals surface area contributed by atoms with Gasteiger partial charge in [0.15, 0.2) is 17.2 Å². The van der Waals surface area contributed by atoms with Crippen LogP contribution in [0.15, 0.2) is 41.0 Å². The average molecular weight is 455 g/mol. The van der Waals surface area contributed by atoms with Crippen LogP contribution in [0, 0.1) is 0 Å². The van der Waals surface area contributed by atoms with E-state index in [0.29, 0.717) is 44.3 Å². The minimum Gasteiger partial charge on any atom is -0.490 e. The van der Waals surface area contributed by atoms with Crippen LogP contribution < -0.4 is 9.47 Å². The van der Waals surface area contributed by atoms with Gasteiger partial charge in [0.25, 0.3) is 0 Å². The van der Waals surface area contributed by atoms with Gasteiger partial charge in [-0.25, -0.2) is 9.79 Å². The third kappa shape index (κ3) is 5.04. The number of carbonyl (C=O) groups excluding carboxylic acids is 1. The number of nitrogens with zero attached hydrogens (tertiary/aromatic N) is 1. The normalized spacial score (nSPS) is 14.9. The molecular formula is C21H18Cl3NO4. The summed E-state index contributed by atoms with van der Waals surface area (Å²) in [6, 6.07) is 8.24. The third-order valence-electron chi connectivity index (χ3n) is 3.77. The van der Waals surface area contributed by atoms with Crippen molar-refractivity contribution < 1.29 is 19.0 Å². The second-order valence-electron chi connectivity index (χ2n) is 6.39. The number of cyclic esters (lactones) is 1. The van der Waals surface area contributed by atoms with Gasteiger partial charge in [-0.3, -0.25) is 0 Å². The minimum atomic E-state index is -0.595. The van der Waals surface area contributed by atoms with Crippen molar-refractivity contribution in [1.29, 1.82) is 0 Å². The number of ether oxygens (including phenoxy) is 3. The Kier molecular flexibility index (Phi) is 6.73. The fourth-order valence-corrected chi connectivity index (χ4v) is 3.38. The van der Waals surface area contributed by atoms with Gasteiger partial charge in [0.2, 0.25) is 5.90 Å². The quantitative estimate of drug-likeness (QED) is 0.386. The lowest BCUT2D eigenvalue weighted by Crippen LogP contribution is -2.08. The maximum atomic E-state index is 12.3. The van der Waals surface area contributed by atoms with Crippen LogP contribution in [0.25, 0.3) is 6.08 Å².